The van der Waals surface area contributed by atoms with Gasteiger partial charge in [0.25, 0.3) is 7.82 Å². The highest BCUT2D eigenvalue weighted by Gasteiger charge is 2.30. The molecule has 112 valence electrons. The third-order valence-corrected chi connectivity index (χ3v) is 2.96. The predicted molar refractivity (Wildman–Crippen MR) is 61.3 cm³/mol. The van der Waals surface area contributed by atoms with E-state index in [4.69, 9.17) is 19.8 Å². The zero-order valence-electron chi connectivity index (χ0n) is 10.1. The number of phosphoric ester groups is 1. The minimum Gasteiger partial charge on any atom is -0.756 e. The van der Waals surface area contributed by atoms with Gasteiger partial charge in [0.1, 0.15) is 6.10 Å². The van der Waals surface area contributed by atoms with E-state index < -0.39 is 37.7 Å². The Labute approximate surface area is 113 Å². The Morgan fingerprint density at radius 1 is 1.45 bits per heavy atom. The number of carbonyl (C=O) groups is 2. The summed E-state index contributed by atoms with van der Waals surface area (Å²) in [5.41, 5.74) is -0.210. The Balaban J connectivity index is 2.85. The van der Waals surface area contributed by atoms with Gasteiger partial charge in [0.15, 0.2) is 5.76 Å². The normalized spacial score (nSPS) is 25.2. The van der Waals surface area contributed by atoms with Crippen LogP contribution >= 0.6 is 7.82 Å². The summed E-state index contributed by atoms with van der Waals surface area (Å²) in [6, 6.07) is 0. The van der Waals surface area contributed by atoms with E-state index in [9.17, 15) is 19.0 Å². The molecule has 0 bridgehead atoms. The van der Waals surface area contributed by atoms with Crippen LogP contribution in [0.5, 0.6) is 0 Å². The Morgan fingerprint density at radius 3 is 2.50 bits per heavy atom. The van der Waals surface area contributed by atoms with Gasteiger partial charge in [-0.05, 0) is 12.7 Å². The highest BCUT2D eigenvalue weighted by molar-refractivity contribution is 7.44. The van der Waals surface area contributed by atoms with E-state index in [0.717, 1.165) is 6.08 Å². The average Bonchev–Trinajstić information content (AvgIpc) is 2.25. The van der Waals surface area contributed by atoms with Crippen LogP contribution < -0.4 is 4.89 Å². The number of ether oxygens (including phenoxy) is 1. The fourth-order valence-electron chi connectivity index (χ4n) is 1.69. The zero-order chi connectivity index (χ0) is 15.5. The Morgan fingerprint density at radius 2 is 2.05 bits per heavy atom. The smallest absolute Gasteiger partial charge is 0.370 e. The second-order valence-electron chi connectivity index (χ2n) is 4.02. The molecule has 9 nitrogen and oxygen atoms in total. The summed E-state index contributed by atoms with van der Waals surface area (Å²) in [6.45, 7) is 3.12. The Bertz CT molecular complexity index is 503. The number of carboxylic acids is 2. The highest BCUT2D eigenvalue weighted by atomic mass is 31.2. The third kappa shape index (κ3) is 5.14. The van der Waals surface area contributed by atoms with Crippen molar-refractivity contribution in [2.45, 2.75) is 25.0 Å². The number of hydrogen-bond donors (Lipinski definition) is 3. The predicted octanol–water partition coefficient (Wildman–Crippen LogP) is -0.379. The number of hydrogen-bond acceptors (Lipinski definition) is 6. The lowest BCUT2D eigenvalue weighted by Gasteiger charge is -2.30. The van der Waals surface area contributed by atoms with Crippen LogP contribution in [0, 0.1) is 0 Å². The highest BCUT2D eigenvalue weighted by Crippen LogP contribution is 2.37. The topological polar surface area (TPSA) is 153 Å². The summed E-state index contributed by atoms with van der Waals surface area (Å²) in [5.74, 6) is -3.35. The number of carboxylic acid groups (broad SMARTS) is 2. The molecule has 3 atom stereocenters. The van der Waals surface area contributed by atoms with Crippen molar-refractivity contribution in [2.75, 3.05) is 0 Å². The fraction of sp³-hybridized carbons (Fsp3) is 0.400. The van der Waals surface area contributed by atoms with E-state index in [1.165, 1.54) is 0 Å². The van der Waals surface area contributed by atoms with Crippen molar-refractivity contribution < 1.29 is 43.4 Å². The molecule has 1 aliphatic rings. The van der Waals surface area contributed by atoms with Crippen LogP contribution in [0.1, 0.15) is 12.8 Å². The van der Waals surface area contributed by atoms with Gasteiger partial charge in [-0.15, -0.1) is 0 Å². The molecule has 20 heavy (non-hydrogen) atoms. The molecule has 10 heteroatoms. The van der Waals surface area contributed by atoms with E-state index in [1.807, 2.05) is 0 Å². The van der Waals surface area contributed by atoms with Gasteiger partial charge in [0.05, 0.1) is 6.10 Å². The van der Waals surface area contributed by atoms with Crippen LogP contribution in [0.4, 0.5) is 0 Å². The molecule has 0 aliphatic heterocycles. The maximum absolute atomic E-state index is 10.9. The first kappa shape index (κ1) is 16.4. The Kier molecular flexibility index (Phi) is 5.07. The van der Waals surface area contributed by atoms with Crippen molar-refractivity contribution in [2.24, 2.45) is 0 Å². The van der Waals surface area contributed by atoms with Gasteiger partial charge in [-0.25, -0.2) is 9.59 Å². The SMILES string of the molecule is C=C(OC1CC(C(=O)O)=CC(OP(=O)([O-])O)C1)C(=O)O. The molecule has 0 saturated heterocycles. The summed E-state index contributed by atoms with van der Waals surface area (Å²) in [5, 5.41) is 17.5. The molecule has 0 fully saturated rings. The number of phosphoric acid groups is 1. The summed E-state index contributed by atoms with van der Waals surface area (Å²) < 4.78 is 19.9. The molecule has 3 N–H and O–H groups in total. The average molecular weight is 307 g/mol. The zero-order valence-corrected chi connectivity index (χ0v) is 11.0. The molecule has 0 saturated carbocycles. The van der Waals surface area contributed by atoms with Crippen molar-refractivity contribution in [1.82, 2.24) is 0 Å². The fourth-order valence-corrected chi connectivity index (χ4v) is 2.18. The molecular formula is C10H12O9P-. The molecule has 1 aliphatic carbocycles. The molecule has 0 spiro atoms. The second-order valence-corrected chi connectivity index (χ2v) is 5.17. The van der Waals surface area contributed by atoms with Crippen LogP contribution in [0.15, 0.2) is 24.0 Å². The first-order valence-corrected chi connectivity index (χ1v) is 6.83. The number of rotatable bonds is 6. The van der Waals surface area contributed by atoms with Crippen molar-refractivity contribution in [3.8, 4) is 0 Å². The van der Waals surface area contributed by atoms with Gasteiger partial charge in [0.2, 0.25) is 0 Å². The largest absolute Gasteiger partial charge is 0.756 e. The quantitative estimate of drug-likeness (QED) is 0.338. The third-order valence-electron chi connectivity index (χ3n) is 2.42. The maximum atomic E-state index is 10.9. The molecule has 0 aromatic carbocycles. The Hall–Kier alpha value is -1.67. The molecule has 0 amide bonds. The van der Waals surface area contributed by atoms with E-state index >= 15 is 0 Å². The monoisotopic (exact) mass is 307 g/mol. The summed E-state index contributed by atoms with van der Waals surface area (Å²) >= 11 is 0. The van der Waals surface area contributed by atoms with E-state index in [1.54, 1.807) is 0 Å². The van der Waals surface area contributed by atoms with Gasteiger partial charge in [0, 0.05) is 18.4 Å². The van der Waals surface area contributed by atoms with Gasteiger partial charge in [-0.3, -0.25) is 4.57 Å². The van der Waals surface area contributed by atoms with Crippen molar-refractivity contribution in [3.63, 3.8) is 0 Å². The van der Waals surface area contributed by atoms with Crippen LogP contribution in [0.3, 0.4) is 0 Å². The molecule has 0 aromatic heterocycles. The summed E-state index contributed by atoms with van der Waals surface area (Å²) in [4.78, 5) is 40.7. The first-order valence-electron chi connectivity index (χ1n) is 5.33. The molecule has 0 radical (unpaired) electrons. The molecule has 0 aromatic rings. The maximum Gasteiger partial charge on any atom is 0.370 e. The van der Waals surface area contributed by atoms with E-state index in [2.05, 4.69) is 11.1 Å². The van der Waals surface area contributed by atoms with Crippen LogP contribution in [0.2, 0.25) is 0 Å². The van der Waals surface area contributed by atoms with Crippen LogP contribution in [-0.4, -0.2) is 39.3 Å². The number of aliphatic carboxylic acids is 2. The second kappa shape index (κ2) is 6.19. The summed E-state index contributed by atoms with van der Waals surface area (Å²) in [7, 11) is -5.05. The van der Waals surface area contributed by atoms with Crippen molar-refractivity contribution in [3.05, 3.63) is 24.0 Å². The lowest BCUT2D eigenvalue weighted by molar-refractivity contribution is -0.223. The lowest BCUT2D eigenvalue weighted by Crippen LogP contribution is -2.30. The van der Waals surface area contributed by atoms with Crippen LogP contribution in [-0.2, 0) is 23.4 Å². The van der Waals surface area contributed by atoms with E-state index in [0.29, 0.717) is 0 Å². The lowest BCUT2D eigenvalue weighted by atomic mass is 9.95. The standard InChI is InChI=1S/C10H13O9P/c1-5(9(11)12)18-7-2-6(10(13)14)3-8(4-7)19-20(15,16)17/h3,7-8H,1-2,4H2,(H,11,12)(H,13,14)(H2,15,16,17)/p-1. The molecule has 0 heterocycles. The molecule has 1 rings (SSSR count). The van der Waals surface area contributed by atoms with Gasteiger partial charge in [-0.1, -0.05) is 0 Å². The summed E-state index contributed by atoms with van der Waals surface area (Å²) in [6.07, 6.45) is -1.46. The van der Waals surface area contributed by atoms with Gasteiger partial charge in [-0.2, -0.15) is 0 Å². The van der Waals surface area contributed by atoms with Crippen LogP contribution in [0.25, 0.3) is 0 Å². The molecular weight excluding hydrogens is 295 g/mol. The van der Waals surface area contributed by atoms with Gasteiger partial charge < -0.3 is 29.3 Å². The van der Waals surface area contributed by atoms with E-state index in [-0.39, 0.29) is 18.4 Å². The minimum atomic E-state index is -5.05. The van der Waals surface area contributed by atoms with Crippen molar-refractivity contribution >= 4 is 19.8 Å². The first-order chi connectivity index (χ1) is 9.08. The van der Waals surface area contributed by atoms with Gasteiger partial charge >= 0.3 is 11.9 Å². The minimum absolute atomic E-state index is 0.143. The van der Waals surface area contributed by atoms with Crippen molar-refractivity contribution in [1.29, 1.82) is 0 Å². The molecule has 3 unspecified atom stereocenters.